The Balaban J connectivity index is 1.53. The first-order chi connectivity index (χ1) is 19.6. The molecular weight excluding hydrogens is 565 g/mol. The van der Waals surface area contributed by atoms with Crippen molar-refractivity contribution in [2.75, 3.05) is 37.9 Å². The van der Waals surface area contributed by atoms with Crippen molar-refractivity contribution in [3.05, 3.63) is 93.6 Å². The Kier molecular flexibility index (Phi) is 9.31. The number of fused-ring (bicyclic) bond motifs is 1. The summed E-state index contributed by atoms with van der Waals surface area (Å²) in [7, 11) is 4.90. The maximum atomic E-state index is 13.3. The molecule has 0 saturated heterocycles. The summed E-state index contributed by atoms with van der Waals surface area (Å²) in [5.74, 6) is -0.198. The van der Waals surface area contributed by atoms with Crippen LogP contribution in [0.2, 0.25) is 10.0 Å². The van der Waals surface area contributed by atoms with E-state index in [0.29, 0.717) is 54.9 Å². The number of para-hydroxylation sites is 1. The summed E-state index contributed by atoms with van der Waals surface area (Å²) >= 11 is 12.7. The van der Waals surface area contributed by atoms with Crippen molar-refractivity contribution >= 4 is 63.3 Å². The number of hydrogen-bond donors (Lipinski definition) is 2. The van der Waals surface area contributed by atoms with Gasteiger partial charge in [0.2, 0.25) is 5.91 Å². The highest BCUT2D eigenvalue weighted by Gasteiger charge is 2.23. The highest BCUT2D eigenvalue weighted by Crippen LogP contribution is 2.38. The summed E-state index contributed by atoms with van der Waals surface area (Å²) < 4.78 is 6.19. The minimum atomic E-state index is -0.596. The van der Waals surface area contributed by atoms with Gasteiger partial charge in [-0.15, -0.1) is 0 Å². The van der Waals surface area contributed by atoms with Crippen LogP contribution in [0.25, 0.3) is 10.9 Å². The summed E-state index contributed by atoms with van der Waals surface area (Å²) in [6.45, 7) is 1.55. The first kappa shape index (κ1) is 29.6. The van der Waals surface area contributed by atoms with Crippen molar-refractivity contribution in [3.8, 4) is 5.75 Å². The SMILES string of the molecule is Cc1nc2ccccc2c(N(C)C(=O)CNC(=O)Nc2cccc(C(=O)N(C)C)c2)c1OCc1c(Cl)cccc1Cl. The van der Waals surface area contributed by atoms with E-state index in [0.717, 1.165) is 0 Å². The molecule has 0 unspecified atom stereocenters. The molecule has 0 saturated carbocycles. The largest absolute Gasteiger partial charge is 0.485 e. The molecule has 0 bridgehead atoms. The predicted octanol–water partition coefficient (Wildman–Crippen LogP) is 5.92. The average molecular weight is 594 g/mol. The molecule has 1 aromatic heterocycles. The lowest BCUT2D eigenvalue weighted by atomic mass is 10.1. The third-order valence-corrected chi connectivity index (χ3v) is 7.01. The average Bonchev–Trinajstić information content (AvgIpc) is 2.95. The monoisotopic (exact) mass is 593 g/mol. The summed E-state index contributed by atoms with van der Waals surface area (Å²) in [5, 5.41) is 6.85. The lowest BCUT2D eigenvalue weighted by Crippen LogP contribution is -2.40. The van der Waals surface area contributed by atoms with Crippen molar-refractivity contribution < 1.29 is 19.1 Å². The van der Waals surface area contributed by atoms with Crippen LogP contribution < -0.4 is 20.3 Å². The first-order valence-corrected chi connectivity index (χ1v) is 13.4. The van der Waals surface area contributed by atoms with Gasteiger partial charge in [0, 0.05) is 53.4 Å². The van der Waals surface area contributed by atoms with E-state index in [1.54, 1.807) is 70.5 Å². The summed E-state index contributed by atoms with van der Waals surface area (Å²) in [4.78, 5) is 45.7. The van der Waals surface area contributed by atoms with Crippen LogP contribution in [0.4, 0.5) is 16.2 Å². The number of likely N-dealkylation sites (N-methyl/N-ethyl adjacent to an activating group) is 1. The van der Waals surface area contributed by atoms with E-state index in [9.17, 15) is 14.4 Å². The topological polar surface area (TPSA) is 104 Å². The smallest absolute Gasteiger partial charge is 0.319 e. The normalized spacial score (nSPS) is 10.7. The number of ether oxygens (including phenoxy) is 1. The molecule has 1 heterocycles. The molecule has 4 aromatic rings. The molecule has 0 atom stereocenters. The van der Waals surface area contributed by atoms with Crippen LogP contribution >= 0.6 is 23.2 Å². The van der Waals surface area contributed by atoms with E-state index in [4.69, 9.17) is 27.9 Å². The number of rotatable bonds is 8. The number of urea groups is 1. The van der Waals surface area contributed by atoms with Crippen LogP contribution in [-0.4, -0.2) is 55.4 Å². The number of pyridine rings is 1. The number of nitrogens with zero attached hydrogens (tertiary/aromatic N) is 3. The third-order valence-electron chi connectivity index (χ3n) is 6.30. The Bertz CT molecular complexity index is 1610. The molecular formula is C30H29Cl2N5O4. The maximum absolute atomic E-state index is 13.3. The second-order valence-corrected chi connectivity index (χ2v) is 10.2. The zero-order valence-electron chi connectivity index (χ0n) is 23.0. The van der Waals surface area contributed by atoms with E-state index >= 15 is 0 Å². The number of aryl methyl sites for hydroxylation is 1. The molecule has 212 valence electrons. The van der Waals surface area contributed by atoms with Gasteiger partial charge < -0.3 is 25.2 Å². The summed E-state index contributed by atoms with van der Waals surface area (Å²) in [6, 6.07) is 18.5. The molecule has 3 aromatic carbocycles. The fourth-order valence-electron chi connectivity index (χ4n) is 4.18. The van der Waals surface area contributed by atoms with Gasteiger partial charge in [0.1, 0.15) is 6.61 Å². The summed E-state index contributed by atoms with van der Waals surface area (Å²) in [5.41, 5.74) is 3.20. The van der Waals surface area contributed by atoms with Gasteiger partial charge in [0.15, 0.2) is 5.75 Å². The molecule has 2 N–H and O–H groups in total. The Morgan fingerprint density at radius 3 is 2.32 bits per heavy atom. The molecule has 0 aliphatic heterocycles. The second-order valence-electron chi connectivity index (χ2n) is 9.42. The maximum Gasteiger partial charge on any atom is 0.319 e. The Hall–Kier alpha value is -4.34. The van der Waals surface area contributed by atoms with Gasteiger partial charge in [0.05, 0.1) is 23.4 Å². The standard InChI is InChI=1S/C30H29Cl2N5O4/c1-18-28(41-17-22-23(31)12-8-13-24(22)32)27(21-11-5-6-14-25(21)34-18)37(4)26(38)16-33-30(40)35-20-10-7-9-19(15-20)29(39)36(2)3/h5-15H,16-17H2,1-4H3,(H2,33,35,40). The molecule has 41 heavy (non-hydrogen) atoms. The van der Waals surface area contributed by atoms with Gasteiger partial charge in [-0.25, -0.2) is 9.78 Å². The van der Waals surface area contributed by atoms with E-state index in [2.05, 4.69) is 15.6 Å². The van der Waals surface area contributed by atoms with Gasteiger partial charge in [-0.2, -0.15) is 0 Å². The van der Waals surface area contributed by atoms with E-state index in [1.807, 2.05) is 24.3 Å². The van der Waals surface area contributed by atoms with Gasteiger partial charge in [-0.3, -0.25) is 9.59 Å². The number of nitrogens with one attached hydrogen (secondary N) is 2. The minimum Gasteiger partial charge on any atom is -0.485 e. The second kappa shape index (κ2) is 12.9. The lowest BCUT2D eigenvalue weighted by Gasteiger charge is -2.24. The molecule has 4 amide bonds. The molecule has 0 spiro atoms. The quantitative estimate of drug-likeness (QED) is 0.264. The number of halogens is 2. The lowest BCUT2D eigenvalue weighted by molar-refractivity contribution is -0.117. The molecule has 0 aliphatic rings. The number of anilines is 2. The number of carbonyl (C=O) groups excluding carboxylic acids is 3. The molecule has 0 fully saturated rings. The van der Waals surface area contributed by atoms with E-state index in [1.165, 1.54) is 9.80 Å². The van der Waals surface area contributed by atoms with Crippen molar-refractivity contribution in [1.82, 2.24) is 15.2 Å². The number of carbonyl (C=O) groups is 3. The van der Waals surface area contributed by atoms with Crippen molar-refractivity contribution in [2.45, 2.75) is 13.5 Å². The van der Waals surface area contributed by atoms with Crippen LogP contribution in [0.5, 0.6) is 5.75 Å². The zero-order valence-corrected chi connectivity index (χ0v) is 24.5. The highest BCUT2D eigenvalue weighted by atomic mass is 35.5. The Morgan fingerprint density at radius 1 is 0.927 bits per heavy atom. The van der Waals surface area contributed by atoms with Gasteiger partial charge in [-0.1, -0.05) is 53.5 Å². The molecule has 4 rings (SSSR count). The van der Waals surface area contributed by atoms with Gasteiger partial charge in [0.25, 0.3) is 5.91 Å². The van der Waals surface area contributed by atoms with Gasteiger partial charge >= 0.3 is 6.03 Å². The van der Waals surface area contributed by atoms with Crippen LogP contribution in [0.15, 0.2) is 66.7 Å². The number of hydrogen-bond acceptors (Lipinski definition) is 5. The Morgan fingerprint density at radius 2 is 1.61 bits per heavy atom. The minimum absolute atomic E-state index is 0.0600. The van der Waals surface area contributed by atoms with E-state index in [-0.39, 0.29) is 19.1 Å². The molecule has 11 heteroatoms. The number of benzene rings is 3. The highest BCUT2D eigenvalue weighted by molar-refractivity contribution is 6.36. The van der Waals surface area contributed by atoms with Crippen LogP contribution in [0, 0.1) is 6.92 Å². The number of aromatic nitrogens is 1. The first-order valence-electron chi connectivity index (χ1n) is 12.6. The molecule has 0 radical (unpaired) electrons. The fraction of sp³-hybridized carbons (Fsp3) is 0.200. The Labute approximate surface area is 248 Å². The fourth-order valence-corrected chi connectivity index (χ4v) is 4.69. The van der Waals surface area contributed by atoms with Crippen molar-refractivity contribution in [1.29, 1.82) is 0 Å². The van der Waals surface area contributed by atoms with Crippen LogP contribution in [0.1, 0.15) is 21.6 Å². The predicted molar refractivity (Wildman–Crippen MR) is 162 cm³/mol. The summed E-state index contributed by atoms with van der Waals surface area (Å²) in [6.07, 6.45) is 0. The number of amides is 4. The molecule has 0 aliphatic carbocycles. The van der Waals surface area contributed by atoms with E-state index < -0.39 is 11.9 Å². The van der Waals surface area contributed by atoms with Gasteiger partial charge in [-0.05, 0) is 43.3 Å². The molecule has 9 nitrogen and oxygen atoms in total. The van der Waals surface area contributed by atoms with Crippen molar-refractivity contribution in [2.24, 2.45) is 0 Å². The van der Waals surface area contributed by atoms with Crippen LogP contribution in [-0.2, 0) is 11.4 Å². The third kappa shape index (κ3) is 6.87. The zero-order chi connectivity index (χ0) is 29.7. The van der Waals surface area contributed by atoms with Crippen molar-refractivity contribution in [3.63, 3.8) is 0 Å². The van der Waals surface area contributed by atoms with Crippen LogP contribution in [0.3, 0.4) is 0 Å².